The molecule has 3 rings (SSSR count). The Labute approximate surface area is 149 Å². The third kappa shape index (κ3) is 3.72. The fraction of sp³-hybridized carbons (Fsp3) is 0.235. The molecule has 1 atom stereocenters. The fourth-order valence-corrected chi connectivity index (χ4v) is 3.02. The molecule has 130 valence electrons. The average Bonchev–Trinajstić information content (AvgIpc) is 2.97. The molecule has 1 aromatic heterocycles. The van der Waals surface area contributed by atoms with Crippen LogP contribution in [0, 0.1) is 10.1 Å². The molecule has 0 saturated heterocycles. The number of quaternary nitrogens is 1. The number of hydrogen-bond donors (Lipinski definition) is 1. The number of halogens is 1. The third-order valence-corrected chi connectivity index (χ3v) is 4.23. The Kier molecular flexibility index (Phi) is 4.87. The van der Waals surface area contributed by atoms with E-state index in [-0.39, 0.29) is 5.69 Å². The van der Waals surface area contributed by atoms with E-state index in [0.29, 0.717) is 18.2 Å². The number of non-ortho nitro benzene ring substituents is 1. The molecule has 1 N–H and O–H groups in total. The number of rotatable bonds is 6. The number of nitrogens with zero attached hydrogens (tertiary/aromatic N) is 3. The summed E-state index contributed by atoms with van der Waals surface area (Å²) in [5.74, 6) is 0.782. The summed E-state index contributed by atoms with van der Waals surface area (Å²) in [7, 11) is 3.65. The number of aromatic nitrogens is 2. The van der Waals surface area contributed by atoms with Crippen molar-refractivity contribution in [2.75, 3.05) is 14.2 Å². The molecule has 0 aliphatic rings. The first-order valence-electron chi connectivity index (χ1n) is 7.71. The minimum absolute atomic E-state index is 0.0587. The van der Waals surface area contributed by atoms with Crippen molar-refractivity contribution in [2.45, 2.75) is 13.2 Å². The molecular weight excluding hydrogens is 344 g/mol. The third-order valence-electron chi connectivity index (χ3n) is 3.99. The first kappa shape index (κ1) is 17.2. The van der Waals surface area contributed by atoms with E-state index in [4.69, 9.17) is 16.3 Å². The van der Waals surface area contributed by atoms with E-state index in [1.165, 1.54) is 6.07 Å². The molecule has 0 bridgehead atoms. The van der Waals surface area contributed by atoms with Crippen LogP contribution in [-0.4, -0.2) is 28.9 Å². The molecule has 0 aliphatic carbocycles. The van der Waals surface area contributed by atoms with Gasteiger partial charge in [0.2, 0.25) is 0 Å². The zero-order chi connectivity index (χ0) is 18.0. The normalized spacial score (nSPS) is 12.3. The number of nitro groups is 1. The van der Waals surface area contributed by atoms with Gasteiger partial charge in [-0.1, -0.05) is 11.6 Å². The Balaban J connectivity index is 1.82. The maximum Gasteiger partial charge on any atom is 0.271 e. The van der Waals surface area contributed by atoms with Crippen molar-refractivity contribution in [3.63, 3.8) is 0 Å². The highest BCUT2D eigenvalue weighted by molar-refractivity contribution is 6.30. The van der Waals surface area contributed by atoms with Gasteiger partial charge >= 0.3 is 0 Å². The fourth-order valence-electron chi connectivity index (χ4n) is 2.82. The molecule has 0 radical (unpaired) electrons. The van der Waals surface area contributed by atoms with E-state index in [1.807, 2.05) is 19.2 Å². The molecule has 8 heteroatoms. The molecule has 0 fully saturated rings. The summed E-state index contributed by atoms with van der Waals surface area (Å²) >= 11 is 6.08. The summed E-state index contributed by atoms with van der Waals surface area (Å²) in [6.07, 6.45) is 1.71. The molecule has 0 saturated carbocycles. The van der Waals surface area contributed by atoms with Crippen LogP contribution in [0.5, 0.6) is 5.75 Å². The topological polar surface area (TPSA) is 74.6 Å². The lowest BCUT2D eigenvalue weighted by Crippen LogP contribution is -3.06. The van der Waals surface area contributed by atoms with E-state index in [2.05, 4.69) is 5.10 Å². The van der Waals surface area contributed by atoms with Gasteiger partial charge in [-0.05, 0) is 24.3 Å². The standard InChI is InChI=1S/C17H17ClN4O3/c1-20(10-13-7-14(18)4-6-17(13)25-2)11-21-16-8-15(22(23)24)5-3-12(16)9-19-21/h3-9H,10-11H2,1-2H3/p+1. The first-order chi connectivity index (χ1) is 12.0. The minimum Gasteiger partial charge on any atom is -0.496 e. The van der Waals surface area contributed by atoms with Crippen LogP contribution in [0.3, 0.4) is 0 Å². The quantitative estimate of drug-likeness (QED) is 0.540. The van der Waals surface area contributed by atoms with Crippen LogP contribution < -0.4 is 9.64 Å². The molecular formula is C17H18ClN4O3+. The zero-order valence-corrected chi connectivity index (χ0v) is 14.7. The van der Waals surface area contributed by atoms with Crippen LogP contribution in [0.25, 0.3) is 10.9 Å². The van der Waals surface area contributed by atoms with Crippen LogP contribution >= 0.6 is 11.6 Å². The lowest BCUT2D eigenvalue weighted by molar-refractivity contribution is -0.917. The van der Waals surface area contributed by atoms with Gasteiger partial charge in [-0.3, -0.25) is 10.1 Å². The van der Waals surface area contributed by atoms with Gasteiger partial charge in [0.25, 0.3) is 5.69 Å². The maximum atomic E-state index is 11.0. The van der Waals surface area contributed by atoms with Gasteiger partial charge in [0.15, 0.2) is 6.67 Å². The van der Waals surface area contributed by atoms with Crippen molar-refractivity contribution < 1.29 is 14.6 Å². The number of nitro benzene ring substituents is 1. The molecule has 1 unspecified atom stereocenters. The summed E-state index contributed by atoms with van der Waals surface area (Å²) in [5.41, 5.74) is 1.80. The monoisotopic (exact) mass is 361 g/mol. The molecule has 25 heavy (non-hydrogen) atoms. The SMILES string of the molecule is COc1ccc(Cl)cc1C[NH+](C)Cn1ncc2ccc([N+](=O)[O-])cc21. The van der Waals surface area contributed by atoms with E-state index in [1.54, 1.807) is 36.2 Å². The summed E-state index contributed by atoms with van der Waals surface area (Å²) < 4.78 is 7.15. The molecule has 7 nitrogen and oxygen atoms in total. The van der Waals surface area contributed by atoms with Gasteiger partial charge in [-0.15, -0.1) is 0 Å². The minimum atomic E-state index is -0.399. The maximum absolute atomic E-state index is 11.0. The highest BCUT2D eigenvalue weighted by Gasteiger charge is 2.14. The van der Waals surface area contributed by atoms with Gasteiger partial charge in [0, 0.05) is 28.1 Å². The summed E-state index contributed by atoms with van der Waals surface area (Å²) in [5, 5.41) is 16.9. The van der Waals surface area contributed by atoms with Crippen LogP contribution in [0.4, 0.5) is 5.69 Å². The average molecular weight is 362 g/mol. The smallest absolute Gasteiger partial charge is 0.271 e. The van der Waals surface area contributed by atoms with Crippen molar-refractivity contribution in [3.8, 4) is 5.75 Å². The van der Waals surface area contributed by atoms with Crippen molar-refractivity contribution >= 4 is 28.2 Å². The Morgan fingerprint density at radius 1 is 1.32 bits per heavy atom. The summed E-state index contributed by atoms with van der Waals surface area (Å²) in [6, 6.07) is 10.3. The number of nitrogens with one attached hydrogen (secondary N) is 1. The summed E-state index contributed by atoms with van der Waals surface area (Å²) in [6.45, 7) is 1.24. The van der Waals surface area contributed by atoms with E-state index >= 15 is 0 Å². The lowest BCUT2D eigenvalue weighted by Gasteiger charge is -2.16. The van der Waals surface area contributed by atoms with Crippen LogP contribution in [0.2, 0.25) is 5.02 Å². The largest absolute Gasteiger partial charge is 0.496 e. The van der Waals surface area contributed by atoms with Gasteiger partial charge in [0.1, 0.15) is 12.3 Å². The second kappa shape index (κ2) is 7.08. The highest BCUT2D eigenvalue weighted by atomic mass is 35.5. The Hall–Kier alpha value is -2.64. The predicted octanol–water partition coefficient (Wildman–Crippen LogP) is 2.28. The number of ether oxygens (including phenoxy) is 1. The van der Waals surface area contributed by atoms with E-state index in [0.717, 1.165) is 27.1 Å². The zero-order valence-electron chi connectivity index (χ0n) is 13.9. The first-order valence-corrected chi connectivity index (χ1v) is 8.09. The molecule has 0 spiro atoms. The Bertz CT molecular complexity index is 925. The van der Waals surface area contributed by atoms with Gasteiger partial charge < -0.3 is 9.64 Å². The summed E-state index contributed by atoms with van der Waals surface area (Å²) in [4.78, 5) is 11.7. The predicted molar refractivity (Wildman–Crippen MR) is 95.0 cm³/mol. The van der Waals surface area contributed by atoms with Crippen LogP contribution in [0.15, 0.2) is 42.6 Å². The number of methoxy groups -OCH3 is 1. The second-order valence-corrected chi connectivity index (χ2v) is 6.33. The van der Waals surface area contributed by atoms with Gasteiger partial charge in [-0.2, -0.15) is 5.10 Å². The number of hydrogen-bond acceptors (Lipinski definition) is 4. The van der Waals surface area contributed by atoms with Crippen molar-refractivity contribution in [1.29, 1.82) is 0 Å². The van der Waals surface area contributed by atoms with Crippen molar-refractivity contribution in [3.05, 3.63) is 63.3 Å². The van der Waals surface area contributed by atoms with Crippen molar-refractivity contribution in [1.82, 2.24) is 9.78 Å². The van der Waals surface area contributed by atoms with Gasteiger partial charge in [0.05, 0.1) is 30.8 Å². The van der Waals surface area contributed by atoms with E-state index < -0.39 is 4.92 Å². The van der Waals surface area contributed by atoms with E-state index in [9.17, 15) is 10.1 Å². The van der Waals surface area contributed by atoms with Crippen molar-refractivity contribution in [2.24, 2.45) is 0 Å². The van der Waals surface area contributed by atoms with Crippen LogP contribution in [-0.2, 0) is 13.2 Å². The lowest BCUT2D eigenvalue weighted by atomic mass is 10.2. The molecule has 0 amide bonds. The molecule has 3 aromatic rings. The second-order valence-electron chi connectivity index (χ2n) is 5.89. The highest BCUT2D eigenvalue weighted by Crippen LogP contribution is 2.22. The van der Waals surface area contributed by atoms with Gasteiger partial charge in [-0.25, -0.2) is 4.68 Å². The Morgan fingerprint density at radius 3 is 2.84 bits per heavy atom. The molecule has 0 aliphatic heterocycles. The number of fused-ring (bicyclic) bond motifs is 1. The van der Waals surface area contributed by atoms with Crippen LogP contribution in [0.1, 0.15) is 5.56 Å². The molecule has 1 heterocycles. The Morgan fingerprint density at radius 2 is 2.12 bits per heavy atom. The molecule has 2 aromatic carbocycles. The number of benzene rings is 2.